The highest BCUT2D eigenvalue weighted by molar-refractivity contribution is 6.03. The monoisotopic (exact) mass is 364 g/mol. The van der Waals surface area contributed by atoms with Crippen LogP contribution < -0.4 is 15.0 Å². The first-order valence-electron chi connectivity index (χ1n) is 8.87. The van der Waals surface area contributed by atoms with Crippen LogP contribution in [0.15, 0.2) is 48.5 Å². The van der Waals surface area contributed by atoms with Crippen LogP contribution in [0.5, 0.6) is 5.75 Å². The summed E-state index contributed by atoms with van der Waals surface area (Å²) in [6.45, 7) is 6.51. The van der Waals surface area contributed by atoms with Crippen molar-refractivity contribution in [2.45, 2.75) is 26.2 Å². The molecule has 140 valence electrons. The summed E-state index contributed by atoms with van der Waals surface area (Å²) < 4.78 is 5.44. The molecule has 0 aromatic heterocycles. The SMILES string of the molecule is CN1C(=O)COc2cc(NC(=O)/C=C/c3ccc(C(C)(C)C)cc3)ccc21. The Balaban J connectivity index is 1.66. The quantitative estimate of drug-likeness (QED) is 0.838. The molecular weight excluding hydrogens is 340 g/mol. The van der Waals surface area contributed by atoms with Gasteiger partial charge in [-0.05, 0) is 34.8 Å². The molecule has 0 spiro atoms. The molecule has 0 saturated carbocycles. The molecule has 27 heavy (non-hydrogen) atoms. The molecule has 1 aliphatic heterocycles. The van der Waals surface area contributed by atoms with Crippen LogP contribution in [-0.4, -0.2) is 25.5 Å². The highest BCUT2D eigenvalue weighted by Gasteiger charge is 2.22. The van der Waals surface area contributed by atoms with E-state index < -0.39 is 0 Å². The fourth-order valence-electron chi connectivity index (χ4n) is 2.81. The molecule has 2 aromatic carbocycles. The van der Waals surface area contributed by atoms with Crippen molar-refractivity contribution < 1.29 is 14.3 Å². The fourth-order valence-corrected chi connectivity index (χ4v) is 2.81. The number of carbonyl (C=O) groups is 2. The van der Waals surface area contributed by atoms with Crippen LogP contribution in [0.4, 0.5) is 11.4 Å². The Bertz CT molecular complexity index is 893. The Morgan fingerprint density at radius 2 is 1.85 bits per heavy atom. The number of benzene rings is 2. The number of hydrogen-bond acceptors (Lipinski definition) is 3. The number of hydrogen-bond donors (Lipinski definition) is 1. The maximum Gasteiger partial charge on any atom is 0.264 e. The lowest BCUT2D eigenvalue weighted by Gasteiger charge is -2.26. The van der Waals surface area contributed by atoms with Crippen LogP contribution in [0, 0.1) is 0 Å². The summed E-state index contributed by atoms with van der Waals surface area (Å²) in [6.07, 6.45) is 3.28. The number of rotatable bonds is 3. The van der Waals surface area contributed by atoms with E-state index in [0.717, 1.165) is 5.56 Å². The fraction of sp³-hybridized carbons (Fsp3) is 0.273. The molecule has 1 heterocycles. The lowest BCUT2D eigenvalue weighted by Crippen LogP contribution is -2.35. The van der Waals surface area contributed by atoms with E-state index in [1.165, 1.54) is 11.6 Å². The van der Waals surface area contributed by atoms with Crippen LogP contribution in [0.25, 0.3) is 6.08 Å². The summed E-state index contributed by atoms with van der Waals surface area (Å²) in [4.78, 5) is 25.4. The largest absolute Gasteiger partial charge is 0.481 e. The van der Waals surface area contributed by atoms with Crippen LogP contribution >= 0.6 is 0 Å². The van der Waals surface area contributed by atoms with E-state index in [-0.39, 0.29) is 23.8 Å². The third-order valence-corrected chi connectivity index (χ3v) is 4.52. The minimum Gasteiger partial charge on any atom is -0.481 e. The zero-order chi connectivity index (χ0) is 19.6. The Labute approximate surface area is 159 Å². The standard InChI is InChI=1S/C22H24N2O3/c1-22(2,3)16-8-5-15(6-9-16)7-12-20(25)23-17-10-11-18-19(13-17)27-14-21(26)24(18)4/h5-13H,14H2,1-4H3,(H,23,25)/b12-7+. The minimum absolute atomic E-state index is 0.00532. The van der Waals surface area contributed by atoms with Crippen molar-refractivity contribution in [1.29, 1.82) is 0 Å². The van der Waals surface area contributed by atoms with E-state index in [4.69, 9.17) is 4.74 Å². The zero-order valence-electron chi connectivity index (χ0n) is 16.1. The van der Waals surface area contributed by atoms with Gasteiger partial charge in [-0.2, -0.15) is 0 Å². The first-order valence-corrected chi connectivity index (χ1v) is 8.87. The van der Waals surface area contributed by atoms with Crippen molar-refractivity contribution in [2.75, 3.05) is 23.9 Å². The molecule has 0 atom stereocenters. The maximum absolute atomic E-state index is 12.2. The lowest BCUT2D eigenvalue weighted by atomic mass is 9.87. The summed E-state index contributed by atoms with van der Waals surface area (Å²) >= 11 is 0. The van der Waals surface area contributed by atoms with E-state index in [9.17, 15) is 9.59 Å². The summed E-state index contributed by atoms with van der Waals surface area (Å²) in [5.41, 5.74) is 3.63. The van der Waals surface area contributed by atoms with Gasteiger partial charge in [0.25, 0.3) is 5.91 Å². The summed E-state index contributed by atoms with van der Waals surface area (Å²) in [6, 6.07) is 13.4. The molecule has 1 N–H and O–H groups in total. The van der Waals surface area contributed by atoms with Crippen LogP contribution in [0.3, 0.4) is 0 Å². The molecule has 0 unspecified atom stereocenters. The second-order valence-electron chi connectivity index (χ2n) is 7.62. The number of likely N-dealkylation sites (N-methyl/N-ethyl adjacent to an activating group) is 1. The third kappa shape index (κ3) is 4.37. The van der Waals surface area contributed by atoms with Gasteiger partial charge >= 0.3 is 0 Å². The molecule has 2 amide bonds. The molecule has 5 nitrogen and oxygen atoms in total. The molecule has 5 heteroatoms. The topological polar surface area (TPSA) is 58.6 Å². The Morgan fingerprint density at radius 1 is 1.15 bits per heavy atom. The van der Waals surface area contributed by atoms with Crippen molar-refractivity contribution in [3.8, 4) is 5.75 Å². The minimum atomic E-state index is -0.227. The molecule has 0 saturated heterocycles. The van der Waals surface area contributed by atoms with Gasteiger partial charge in [0.1, 0.15) is 5.75 Å². The molecule has 0 fully saturated rings. The van der Waals surface area contributed by atoms with E-state index in [1.54, 1.807) is 36.2 Å². The number of nitrogens with zero attached hydrogens (tertiary/aromatic N) is 1. The number of fused-ring (bicyclic) bond motifs is 1. The normalized spacial score (nSPS) is 14.1. The molecule has 3 rings (SSSR count). The maximum atomic E-state index is 12.2. The number of amides is 2. The van der Waals surface area contributed by atoms with Crippen molar-refractivity contribution >= 4 is 29.3 Å². The summed E-state index contributed by atoms with van der Waals surface area (Å²) in [5.74, 6) is 0.256. The second kappa shape index (κ2) is 7.27. The van der Waals surface area contributed by atoms with Crippen LogP contribution in [0.1, 0.15) is 31.9 Å². The highest BCUT2D eigenvalue weighted by atomic mass is 16.5. The lowest BCUT2D eigenvalue weighted by molar-refractivity contribution is -0.121. The Morgan fingerprint density at radius 3 is 2.52 bits per heavy atom. The molecule has 0 bridgehead atoms. The van der Waals surface area contributed by atoms with Gasteiger partial charge in [-0.25, -0.2) is 0 Å². The first-order chi connectivity index (χ1) is 12.7. The van der Waals surface area contributed by atoms with Gasteiger partial charge in [0.2, 0.25) is 5.91 Å². The average molecular weight is 364 g/mol. The number of nitrogens with one attached hydrogen (secondary N) is 1. The van der Waals surface area contributed by atoms with E-state index in [1.807, 2.05) is 12.1 Å². The van der Waals surface area contributed by atoms with Gasteiger partial charge in [0.15, 0.2) is 6.61 Å². The van der Waals surface area contributed by atoms with Gasteiger partial charge in [0, 0.05) is 24.9 Å². The smallest absolute Gasteiger partial charge is 0.264 e. The van der Waals surface area contributed by atoms with Gasteiger partial charge < -0.3 is 15.0 Å². The van der Waals surface area contributed by atoms with Gasteiger partial charge in [-0.15, -0.1) is 0 Å². The molecule has 0 aliphatic carbocycles. The van der Waals surface area contributed by atoms with Crippen LogP contribution in [0.2, 0.25) is 0 Å². The zero-order valence-corrected chi connectivity index (χ0v) is 16.1. The molecule has 0 radical (unpaired) electrons. The summed E-state index contributed by atoms with van der Waals surface area (Å²) in [7, 11) is 1.70. The van der Waals surface area contributed by atoms with Gasteiger partial charge in [0.05, 0.1) is 5.69 Å². The van der Waals surface area contributed by atoms with E-state index >= 15 is 0 Å². The van der Waals surface area contributed by atoms with Crippen molar-refractivity contribution in [3.05, 3.63) is 59.7 Å². The van der Waals surface area contributed by atoms with Gasteiger partial charge in [-0.1, -0.05) is 45.0 Å². The molecule has 1 aliphatic rings. The predicted octanol–water partition coefficient (Wildman–Crippen LogP) is 3.99. The van der Waals surface area contributed by atoms with Crippen molar-refractivity contribution in [2.24, 2.45) is 0 Å². The second-order valence-corrected chi connectivity index (χ2v) is 7.62. The predicted molar refractivity (Wildman–Crippen MR) is 108 cm³/mol. The first kappa shape index (κ1) is 18.7. The Kier molecular flexibility index (Phi) is 5.04. The van der Waals surface area contributed by atoms with E-state index in [2.05, 4.69) is 38.2 Å². The van der Waals surface area contributed by atoms with Gasteiger partial charge in [-0.3, -0.25) is 9.59 Å². The molecule has 2 aromatic rings. The summed E-state index contributed by atoms with van der Waals surface area (Å²) in [5, 5.41) is 2.81. The van der Waals surface area contributed by atoms with Crippen molar-refractivity contribution in [3.63, 3.8) is 0 Å². The van der Waals surface area contributed by atoms with E-state index in [0.29, 0.717) is 17.1 Å². The van der Waals surface area contributed by atoms with Crippen LogP contribution in [-0.2, 0) is 15.0 Å². The average Bonchev–Trinajstić information content (AvgIpc) is 2.63. The number of anilines is 2. The highest BCUT2D eigenvalue weighted by Crippen LogP contribution is 2.33. The third-order valence-electron chi connectivity index (χ3n) is 4.52. The number of ether oxygens (including phenoxy) is 1. The number of carbonyl (C=O) groups excluding carboxylic acids is 2. The Hall–Kier alpha value is -3.08. The van der Waals surface area contributed by atoms with Crippen molar-refractivity contribution in [1.82, 2.24) is 0 Å². The molecular formula is C22H24N2O3.